The smallest absolute Gasteiger partial charge is 0.168 e. The monoisotopic (exact) mass is 345 g/mol. The molecule has 5 nitrogen and oxygen atoms in total. The van der Waals surface area contributed by atoms with Gasteiger partial charge >= 0.3 is 0 Å². The predicted octanol–water partition coefficient (Wildman–Crippen LogP) is 4.46. The second-order valence-electron chi connectivity index (χ2n) is 6.57. The Morgan fingerprint density at radius 3 is 2.52 bits per heavy atom. The summed E-state index contributed by atoms with van der Waals surface area (Å²) in [7, 11) is 0. The summed E-state index contributed by atoms with van der Waals surface area (Å²) in [5.41, 5.74) is 3.44. The molecule has 0 fully saturated rings. The van der Waals surface area contributed by atoms with E-state index in [9.17, 15) is 15.0 Å². The number of hydrogen-bond acceptors (Lipinski definition) is 5. The van der Waals surface area contributed by atoms with Crippen molar-refractivity contribution in [1.29, 1.82) is 0 Å². The number of carbonyl (C=O) groups excluding carboxylic acids is 1. The van der Waals surface area contributed by atoms with Crippen molar-refractivity contribution in [2.45, 2.75) is 59.3 Å². The maximum atomic E-state index is 12.7. The fourth-order valence-electron chi connectivity index (χ4n) is 3.51. The summed E-state index contributed by atoms with van der Waals surface area (Å²) < 4.78 is 0. The summed E-state index contributed by atoms with van der Waals surface area (Å²) in [5.74, 6) is -0.164. The molecule has 0 saturated heterocycles. The third-order valence-corrected chi connectivity index (χ3v) is 4.44. The molecule has 5 heteroatoms. The van der Waals surface area contributed by atoms with Crippen LogP contribution in [0.1, 0.15) is 62.1 Å². The zero-order chi connectivity index (χ0) is 18.6. The number of nitrogens with zero attached hydrogens (tertiary/aromatic N) is 1. The van der Waals surface area contributed by atoms with Crippen LogP contribution in [0.2, 0.25) is 0 Å². The molecule has 0 spiro atoms. The molecule has 1 atom stereocenters. The molecule has 0 bridgehead atoms. The molecule has 2 rings (SSSR count). The van der Waals surface area contributed by atoms with Crippen molar-refractivity contribution in [3.8, 4) is 5.75 Å². The average Bonchev–Trinajstić information content (AvgIpc) is 2.51. The van der Waals surface area contributed by atoms with Gasteiger partial charge in [-0.2, -0.15) is 0 Å². The summed E-state index contributed by atoms with van der Waals surface area (Å²) in [4.78, 5) is 17.8. The van der Waals surface area contributed by atoms with Crippen molar-refractivity contribution in [2.75, 3.05) is 6.61 Å². The number of aliphatic hydroxyl groups excluding tert-OH is 1. The SMILES string of the molecule is CCCC(=NOCC)C1=C(O)CC(c2c(C)cc(C)cc2O)CC1=O. The van der Waals surface area contributed by atoms with Crippen LogP contribution < -0.4 is 0 Å². The number of phenolic OH excluding ortho intramolecular Hbond substituents is 1. The number of aryl methyl sites for hydroxylation is 2. The van der Waals surface area contributed by atoms with Gasteiger partial charge in [-0.25, -0.2) is 0 Å². The molecule has 1 aromatic carbocycles. The van der Waals surface area contributed by atoms with Gasteiger partial charge in [-0.1, -0.05) is 24.6 Å². The Morgan fingerprint density at radius 2 is 1.96 bits per heavy atom. The zero-order valence-electron chi connectivity index (χ0n) is 15.4. The number of benzene rings is 1. The molecule has 1 aromatic rings. The lowest BCUT2D eigenvalue weighted by Gasteiger charge is -2.26. The molecular weight excluding hydrogens is 318 g/mol. The first kappa shape index (κ1) is 19.0. The summed E-state index contributed by atoms with van der Waals surface area (Å²) >= 11 is 0. The molecule has 1 aliphatic carbocycles. The van der Waals surface area contributed by atoms with Gasteiger partial charge < -0.3 is 15.1 Å². The largest absolute Gasteiger partial charge is 0.511 e. The highest BCUT2D eigenvalue weighted by Crippen LogP contribution is 2.40. The number of hydrogen-bond donors (Lipinski definition) is 2. The normalized spacial score (nSPS) is 18.6. The van der Waals surface area contributed by atoms with Gasteiger partial charge in [-0.15, -0.1) is 0 Å². The second-order valence-corrected chi connectivity index (χ2v) is 6.57. The first-order chi connectivity index (χ1) is 11.9. The van der Waals surface area contributed by atoms with Crippen molar-refractivity contribution >= 4 is 11.5 Å². The number of rotatable bonds is 6. The molecule has 0 amide bonds. The summed E-state index contributed by atoms with van der Waals surface area (Å²) in [5, 5.41) is 24.9. The number of carbonyl (C=O) groups is 1. The first-order valence-corrected chi connectivity index (χ1v) is 8.83. The molecule has 25 heavy (non-hydrogen) atoms. The van der Waals surface area contributed by atoms with Crippen molar-refractivity contribution in [1.82, 2.24) is 0 Å². The van der Waals surface area contributed by atoms with Gasteiger partial charge in [-0.05, 0) is 44.4 Å². The third-order valence-electron chi connectivity index (χ3n) is 4.44. The van der Waals surface area contributed by atoms with Gasteiger partial charge in [0.1, 0.15) is 18.1 Å². The second kappa shape index (κ2) is 8.19. The molecule has 1 unspecified atom stereocenters. The van der Waals surface area contributed by atoms with E-state index in [2.05, 4.69) is 5.16 Å². The van der Waals surface area contributed by atoms with E-state index in [1.165, 1.54) is 0 Å². The Bertz CT molecular complexity index is 695. The standard InChI is InChI=1S/C20H27NO4/c1-5-7-15(21-25-6-2)20-17(23)10-14(11-18(20)24)19-13(4)8-12(3)9-16(19)22/h8-9,14,22-23H,5-7,10-11H2,1-4H3. The Morgan fingerprint density at radius 1 is 1.24 bits per heavy atom. The summed E-state index contributed by atoms with van der Waals surface area (Å²) in [6, 6.07) is 3.68. The number of ketones is 1. The lowest BCUT2D eigenvalue weighted by Crippen LogP contribution is -2.24. The zero-order valence-corrected chi connectivity index (χ0v) is 15.4. The molecule has 0 saturated carbocycles. The van der Waals surface area contributed by atoms with Crippen LogP contribution in [-0.2, 0) is 9.63 Å². The molecule has 136 valence electrons. The quantitative estimate of drug-likeness (QED) is 0.589. The molecule has 2 N–H and O–H groups in total. The molecule has 0 heterocycles. The fourth-order valence-corrected chi connectivity index (χ4v) is 3.51. The Labute approximate surface area is 149 Å². The van der Waals surface area contributed by atoms with Crippen molar-refractivity contribution in [2.24, 2.45) is 5.16 Å². The first-order valence-electron chi connectivity index (χ1n) is 8.83. The third kappa shape index (κ3) is 4.21. The van der Waals surface area contributed by atoms with Gasteiger partial charge in [0.2, 0.25) is 0 Å². The number of Topliss-reactive ketones (excluding diaryl/α,β-unsaturated/α-hetero) is 1. The number of aliphatic hydroxyl groups is 1. The Balaban J connectivity index is 2.38. The van der Waals surface area contributed by atoms with Crippen LogP contribution in [0.5, 0.6) is 5.75 Å². The van der Waals surface area contributed by atoms with Crippen LogP contribution in [0.15, 0.2) is 28.6 Å². The number of allylic oxidation sites excluding steroid dienone is 2. The summed E-state index contributed by atoms with van der Waals surface area (Å²) in [6.45, 7) is 8.06. The van der Waals surface area contributed by atoms with E-state index in [1.807, 2.05) is 33.8 Å². The molecule has 0 aromatic heterocycles. The molecule has 1 aliphatic rings. The maximum Gasteiger partial charge on any atom is 0.168 e. The van der Waals surface area contributed by atoms with Gasteiger partial charge in [0, 0.05) is 24.3 Å². The Hall–Kier alpha value is -2.30. The minimum absolute atomic E-state index is 0.0347. The van der Waals surface area contributed by atoms with Gasteiger partial charge in [0.15, 0.2) is 5.78 Å². The lowest BCUT2D eigenvalue weighted by atomic mass is 9.79. The van der Waals surface area contributed by atoms with E-state index in [0.29, 0.717) is 25.2 Å². The highest BCUT2D eigenvalue weighted by Gasteiger charge is 2.33. The molecular formula is C20H27NO4. The van der Waals surface area contributed by atoms with Gasteiger partial charge in [0.05, 0.1) is 11.3 Å². The number of phenols is 1. The topological polar surface area (TPSA) is 79.1 Å². The van der Waals surface area contributed by atoms with Crippen molar-refractivity contribution < 1.29 is 19.8 Å². The van der Waals surface area contributed by atoms with Gasteiger partial charge in [-0.3, -0.25) is 4.79 Å². The van der Waals surface area contributed by atoms with Crippen molar-refractivity contribution in [3.05, 3.63) is 40.2 Å². The maximum absolute atomic E-state index is 12.7. The van der Waals surface area contributed by atoms with E-state index in [-0.39, 0.29) is 35.2 Å². The van der Waals surface area contributed by atoms with E-state index < -0.39 is 0 Å². The van der Waals surface area contributed by atoms with Crippen molar-refractivity contribution in [3.63, 3.8) is 0 Å². The van der Waals surface area contributed by atoms with Gasteiger partial charge in [0.25, 0.3) is 0 Å². The lowest BCUT2D eigenvalue weighted by molar-refractivity contribution is -0.116. The number of oxime groups is 1. The fraction of sp³-hybridized carbons (Fsp3) is 0.500. The summed E-state index contributed by atoms with van der Waals surface area (Å²) in [6.07, 6.45) is 1.93. The highest BCUT2D eigenvalue weighted by molar-refractivity contribution is 6.23. The van der Waals surface area contributed by atoms with Crippen LogP contribution in [0.25, 0.3) is 0 Å². The molecule has 0 aliphatic heterocycles. The van der Waals surface area contributed by atoms with Crippen LogP contribution in [-0.4, -0.2) is 28.3 Å². The van der Waals surface area contributed by atoms with Crippen LogP contribution in [0.4, 0.5) is 0 Å². The van der Waals surface area contributed by atoms with E-state index in [1.54, 1.807) is 6.07 Å². The van der Waals surface area contributed by atoms with Crippen LogP contribution in [0, 0.1) is 13.8 Å². The minimum atomic E-state index is -0.230. The van der Waals surface area contributed by atoms with E-state index >= 15 is 0 Å². The Kier molecular flexibility index (Phi) is 6.23. The number of aromatic hydroxyl groups is 1. The highest BCUT2D eigenvalue weighted by atomic mass is 16.6. The van der Waals surface area contributed by atoms with E-state index in [4.69, 9.17) is 4.84 Å². The minimum Gasteiger partial charge on any atom is -0.511 e. The van der Waals surface area contributed by atoms with E-state index in [0.717, 1.165) is 23.1 Å². The van der Waals surface area contributed by atoms with Crippen LogP contribution >= 0.6 is 0 Å². The predicted molar refractivity (Wildman–Crippen MR) is 98.2 cm³/mol. The average molecular weight is 345 g/mol. The van der Waals surface area contributed by atoms with Crippen LogP contribution in [0.3, 0.4) is 0 Å². The molecule has 0 radical (unpaired) electrons.